The zero-order valence-corrected chi connectivity index (χ0v) is 12.3. The zero-order chi connectivity index (χ0) is 14.8. The average Bonchev–Trinajstić information content (AvgIpc) is 2.89. The number of carboxylic acids is 1. The molecule has 1 fully saturated rings. The van der Waals surface area contributed by atoms with E-state index >= 15 is 0 Å². The summed E-state index contributed by atoms with van der Waals surface area (Å²) in [5, 5.41) is 9.06. The number of anilines is 1. The van der Waals surface area contributed by atoms with Crippen LogP contribution in [0.2, 0.25) is 0 Å². The number of benzene rings is 1. The van der Waals surface area contributed by atoms with Gasteiger partial charge in [-0.1, -0.05) is 0 Å². The number of hydrogen-bond donors (Lipinski definition) is 3. The standard InChI is InChI=1S/C12H16N2O4S2/c13-9-1-2-10(12(15)16)11(5-9)20(17,18)14-6-8-3-4-19-7-8/h1-2,5,8,14H,3-4,6-7,13H2,(H,15,16). The molecule has 0 amide bonds. The van der Waals surface area contributed by atoms with Crippen molar-refractivity contribution in [1.29, 1.82) is 0 Å². The fourth-order valence-corrected chi connectivity index (χ4v) is 4.62. The normalized spacial score (nSPS) is 19.1. The van der Waals surface area contributed by atoms with Crippen molar-refractivity contribution in [2.45, 2.75) is 11.3 Å². The van der Waals surface area contributed by atoms with Crippen LogP contribution in [0.4, 0.5) is 5.69 Å². The lowest BCUT2D eigenvalue weighted by Gasteiger charge is -2.12. The van der Waals surface area contributed by atoms with Crippen LogP contribution in [0, 0.1) is 5.92 Å². The molecule has 0 spiro atoms. The van der Waals surface area contributed by atoms with Crippen LogP contribution >= 0.6 is 11.8 Å². The molecule has 0 aromatic heterocycles. The number of nitrogens with two attached hydrogens (primary N) is 1. The highest BCUT2D eigenvalue weighted by Gasteiger charge is 2.24. The molecule has 20 heavy (non-hydrogen) atoms. The van der Waals surface area contributed by atoms with Crippen molar-refractivity contribution >= 4 is 33.4 Å². The smallest absolute Gasteiger partial charge is 0.337 e. The topological polar surface area (TPSA) is 109 Å². The molecule has 1 aliphatic heterocycles. The summed E-state index contributed by atoms with van der Waals surface area (Å²) >= 11 is 1.79. The Morgan fingerprint density at radius 3 is 2.85 bits per heavy atom. The van der Waals surface area contributed by atoms with E-state index in [4.69, 9.17) is 10.8 Å². The predicted molar refractivity (Wildman–Crippen MR) is 78.4 cm³/mol. The van der Waals surface area contributed by atoms with E-state index < -0.39 is 16.0 Å². The van der Waals surface area contributed by atoms with Crippen molar-refractivity contribution in [1.82, 2.24) is 4.72 Å². The monoisotopic (exact) mass is 316 g/mol. The van der Waals surface area contributed by atoms with Gasteiger partial charge in [0, 0.05) is 12.2 Å². The first-order valence-corrected chi connectivity index (χ1v) is 8.74. The number of carbonyl (C=O) groups is 1. The van der Waals surface area contributed by atoms with Crippen molar-refractivity contribution in [2.24, 2.45) is 5.92 Å². The summed E-state index contributed by atoms with van der Waals surface area (Å²) < 4.78 is 26.9. The van der Waals surface area contributed by atoms with E-state index in [1.165, 1.54) is 18.2 Å². The SMILES string of the molecule is Nc1ccc(C(=O)O)c(S(=O)(=O)NCC2CCSC2)c1. The Morgan fingerprint density at radius 1 is 1.50 bits per heavy atom. The Bertz CT molecular complexity index is 610. The third kappa shape index (κ3) is 3.44. The molecule has 4 N–H and O–H groups in total. The molecule has 110 valence electrons. The van der Waals surface area contributed by atoms with E-state index in [1.807, 2.05) is 0 Å². The highest BCUT2D eigenvalue weighted by atomic mass is 32.2. The fraction of sp³-hybridized carbons (Fsp3) is 0.417. The Labute approximate surface area is 121 Å². The van der Waals surface area contributed by atoms with Gasteiger partial charge in [-0.15, -0.1) is 0 Å². The summed E-state index contributed by atoms with van der Waals surface area (Å²) in [6, 6.07) is 3.75. The number of thioether (sulfide) groups is 1. The van der Waals surface area contributed by atoms with Gasteiger partial charge in [-0.25, -0.2) is 17.9 Å². The highest BCUT2D eigenvalue weighted by Crippen LogP contribution is 2.24. The molecule has 0 saturated carbocycles. The van der Waals surface area contributed by atoms with Crippen molar-refractivity contribution in [3.63, 3.8) is 0 Å². The predicted octanol–water partition coefficient (Wildman–Crippen LogP) is 0.998. The van der Waals surface area contributed by atoms with E-state index in [1.54, 1.807) is 11.8 Å². The molecule has 1 unspecified atom stereocenters. The van der Waals surface area contributed by atoms with E-state index in [0.29, 0.717) is 12.5 Å². The van der Waals surface area contributed by atoms with E-state index in [0.717, 1.165) is 17.9 Å². The largest absolute Gasteiger partial charge is 0.478 e. The van der Waals surface area contributed by atoms with Gasteiger partial charge in [0.1, 0.15) is 0 Å². The van der Waals surface area contributed by atoms with Gasteiger partial charge in [0.05, 0.1) is 10.5 Å². The van der Waals surface area contributed by atoms with Crippen molar-refractivity contribution in [3.05, 3.63) is 23.8 Å². The first kappa shape index (κ1) is 15.1. The minimum atomic E-state index is -3.87. The Morgan fingerprint density at radius 2 is 2.25 bits per heavy atom. The molecule has 0 bridgehead atoms. The summed E-state index contributed by atoms with van der Waals surface area (Å²) in [6.07, 6.45) is 0.968. The van der Waals surface area contributed by atoms with Gasteiger partial charge in [0.2, 0.25) is 10.0 Å². The molecule has 0 radical (unpaired) electrons. The lowest BCUT2D eigenvalue weighted by molar-refractivity contribution is 0.0692. The molecule has 1 heterocycles. The highest BCUT2D eigenvalue weighted by molar-refractivity contribution is 7.99. The van der Waals surface area contributed by atoms with Gasteiger partial charge in [0.15, 0.2) is 0 Å². The van der Waals surface area contributed by atoms with Crippen LogP contribution in [0.3, 0.4) is 0 Å². The Balaban J connectivity index is 2.23. The summed E-state index contributed by atoms with van der Waals surface area (Å²) in [7, 11) is -3.87. The first-order chi connectivity index (χ1) is 9.40. The van der Waals surface area contributed by atoms with Crippen LogP contribution in [-0.4, -0.2) is 37.5 Å². The lowest BCUT2D eigenvalue weighted by atomic mass is 10.1. The summed E-state index contributed by atoms with van der Waals surface area (Å²) in [5.41, 5.74) is 5.50. The molecular formula is C12H16N2O4S2. The fourth-order valence-electron chi connectivity index (χ4n) is 1.99. The van der Waals surface area contributed by atoms with Crippen LogP contribution in [-0.2, 0) is 10.0 Å². The number of rotatable bonds is 5. The van der Waals surface area contributed by atoms with E-state index in [2.05, 4.69) is 4.72 Å². The third-order valence-electron chi connectivity index (χ3n) is 3.11. The van der Waals surface area contributed by atoms with Gasteiger partial charge in [-0.2, -0.15) is 11.8 Å². The molecule has 0 aliphatic carbocycles. The first-order valence-electron chi connectivity index (χ1n) is 6.10. The molecule has 8 heteroatoms. The summed E-state index contributed by atoms with van der Waals surface area (Å²) in [5.74, 6) is 0.960. The second kappa shape index (κ2) is 6.02. The molecule has 1 aromatic carbocycles. The number of carboxylic acid groups (broad SMARTS) is 1. The lowest BCUT2D eigenvalue weighted by Crippen LogP contribution is -2.30. The number of hydrogen-bond acceptors (Lipinski definition) is 5. The Kier molecular flexibility index (Phi) is 4.56. The summed E-state index contributed by atoms with van der Waals surface area (Å²) in [6.45, 7) is 0.323. The van der Waals surface area contributed by atoms with Gasteiger partial charge in [-0.3, -0.25) is 0 Å². The number of aromatic carboxylic acids is 1. The van der Waals surface area contributed by atoms with E-state index in [9.17, 15) is 13.2 Å². The van der Waals surface area contributed by atoms with Crippen molar-refractivity contribution in [3.8, 4) is 0 Å². The second-order valence-corrected chi connectivity index (χ2v) is 7.53. The molecule has 2 rings (SSSR count). The maximum absolute atomic E-state index is 12.2. The van der Waals surface area contributed by atoms with Crippen LogP contribution in [0.5, 0.6) is 0 Å². The molecule has 1 aromatic rings. The van der Waals surface area contributed by atoms with Gasteiger partial charge in [0.25, 0.3) is 0 Å². The minimum Gasteiger partial charge on any atom is -0.478 e. The maximum Gasteiger partial charge on any atom is 0.337 e. The Hall–Kier alpha value is -1.25. The quantitative estimate of drug-likeness (QED) is 0.699. The molecule has 1 atom stereocenters. The average molecular weight is 316 g/mol. The molecule has 1 saturated heterocycles. The molecular weight excluding hydrogens is 300 g/mol. The van der Waals surface area contributed by atoms with Crippen LogP contribution in [0.15, 0.2) is 23.1 Å². The van der Waals surface area contributed by atoms with Gasteiger partial charge in [-0.05, 0) is 42.0 Å². The molecule has 6 nitrogen and oxygen atoms in total. The van der Waals surface area contributed by atoms with Crippen LogP contribution in [0.25, 0.3) is 0 Å². The maximum atomic E-state index is 12.2. The van der Waals surface area contributed by atoms with Crippen molar-refractivity contribution < 1.29 is 18.3 Å². The number of sulfonamides is 1. The second-order valence-electron chi connectivity index (χ2n) is 4.64. The number of nitrogens with one attached hydrogen (secondary N) is 1. The summed E-state index contributed by atoms with van der Waals surface area (Å²) in [4.78, 5) is 10.8. The number of nitrogen functional groups attached to an aromatic ring is 1. The third-order valence-corrected chi connectivity index (χ3v) is 5.81. The van der Waals surface area contributed by atoms with E-state index in [-0.39, 0.29) is 16.1 Å². The molecule has 1 aliphatic rings. The van der Waals surface area contributed by atoms with Gasteiger partial charge >= 0.3 is 5.97 Å². The van der Waals surface area contributed by atoms with Crippen molar-refractivity contribution in [2.75, 3.05) is 23.8 Å². The van der Waals surface area contributed by atoms with Gasteiger partial charge < -0.3 is 10.8 Å². The zero-order valence-electron chi connectivity index (χ0n) is 10.7. The minimum absolute atomic E-state index is 0.215. The van der Waals surface area contributed by atoms with Crippen LogP contribution in [0.1, 0.15) is 16.8 Å². The van der Waals surface area contributed by atoms with Crippen LogP contribution < -0.4 is 10.5 Å².